The van der Waals surface area contributed by atoms with E-state index >= 15 is 0 Å². The fourth-order valence-corrected chi connectivity index (χ4v) is 5.95. The SMILES string of the molecule is CCOC(=O)c1sc(NC(=O)C2CCCN2S(=O)(=O)c2ccc(OC)cc2)cc1C. The molecule has 1 fully saturated rings. The van der Waals surface area contributed by atoms with Gasteiger partial charge in [0, 0.05) is 6.54 Å². The molecule has 0 spiro atoms. The van der Waals surface area contributed by atoms with E-state index < -0.39 is 27.9 Å². The third-order valence-electron chi connectivity index (χ3n) is 4.80. The topological polar surface area (TPSA) is 102 Å². The molecular formula is C20H24N2O6S2. The monoisotopic (exact) mass is 452 g/mol. The maximum absolute atomic E-state index is 13.1. The van der Waals surface area contributed by atoms with Gasteiger partial charge in [0.2, 0.25) is 15.9 Å². The van der Waals surface area contributed by atoms with Crippen molar-refractivity contribution in [3.63, 3.8) is 0 Å². The molecule has 0 bridgehead atoms. The summed E-state index contributed by atoms with van der Waals surface area (Å²) in [5, 5.41) is 3.24. The van der Waals surface area contributed by atoms with Crippen LogP contribution >= 0.6 is 11.3 Å². The molecule has 30 heavy (non-hydrogen) atoms. The molecule has 1 aliphatic heterocycles. The molecule has 1 N–H and O–H groups in total. The zero-order valence-corrected chi connectivity index (χ0v) is 18.6. The molecule has 1 aromatic heterocycles. The van der Waals surface area contributed by atoms with E-state index in [0.29, 0.717) is 34.0 Å². The minimum Gasteiger partial charge on any atom is -0.497 e. The molecule has 0 aliphatic carbocycles. The standard InChI is InChI=1S/C20H24N2O6S2/c1-4-28-20(24)18-13(2)12-17(29-18)21-19(23)16-6-5-11-22(16)30(25,26)15-9-7-14(27-3)8-10-15/h7-10,12,16H,4-6,11H2,1-3H3,(H,21,23). The highest BCUT2D eigenvalue weighted by Gasteiger charge is 2.39. The minimum atomic E-state index is -3.83. The first-order valence-electron chi connectivity index (χ1n) is 9.52. The molecule has 10 heteroatoms. The number of carbonyl (C=O) groups is 2. The summed E-state index contributed by atoms with van der Waals surface area (Å²) >= 11 is 1.12. The van der Waals surface area contributed by atoms with Crippen molar-refractivity contribution < 1.29 is 27.5 Å². The predicted octanol–water partition coefficient (Wildman–Crippen LogP) is 3.03. The highest BCUT2D eigenvalue weighted by Crippen LogP contribution is 2.31. The van der Waals surface area contributed by atoms with Gasteiger partial charge in [0.1, 0.15) is 16.7 Å². The van der Waals surface area contributed by atoms with Crippen LogP contribution in [-0.2, 0) is 19.6 Å². The summed E-state index contributed by atoms with van der Waals surface area (Å²) in [6.45, 7) is 4.01. The lowest BCUT2D eigenvalue weighted by Crippen LogP contribution is -2.43. The van der Waals surface area contributed by atoms with Crippen LogP contribution in [0.25, 0.3) is 0 Å². The average molecular weight is 453 g/mol. The maximum atomic E-state index is 13.1. The number of hydrogen-bond donors (Lipinski definition) is 1. The Morgan fingerprint density at radius 3 is 2.60 bits per heavy atom. The number of esters is 1. The van der Waals surface area contributed by atoms with Crippen LogP contribution in [0.5, 0.6) is 5.75 Å². The van der Waals surface area contributed by atoms with Crippen molar-refractivity contribution in [2.24, 2.45) is 0 Å². The van der Waals surface area contributed by atoms with Gasteiger partial charge in [-0.25, -0.2) is 13.2 Å². The van der Waals surface area contributed by atoms with Crippen LogP contribution < -0.4 is 10.1 Å². The number of methoxy groups -OCH3 is 1. The molecule has 0 saturated carbocycles. The van der Waals surface area contributed by atoms with Crippen molar-refractivity contribution in [2.75, 3.05) is 25.6 Å². The van der Waals surface area contributed by atoms with Crippen LogP contribution in [-0.4, -0.2) is 50.9 Å². The lowest BCUT2D eigenvalue weighted by molar-refractivity contribution is -0.119. The fraction of sp³-hybridized carbons (Fsp3) is 0.400. The van der Waals surface area contributed by atoms with E-state index in [0.717, 1.165) is 11.3 Å². The molecule has 1 aromatic carbocycles. The fourth-order valence-electron chi connectivity index (χ4n) is 3.32. The Morgan fingerprint density at radius 1 is 1.27 bits per heavy atom. The maximum Gasteiger partial charge on any atom is 0.348 e. The number of carbonyl (C=O) groups excluding carboxylic acids is 2. The summed E-state index contributed by atoms with van der Waals surface area (Å²) in [4.78, 5) is 25.4. The number of thiophene rings is 1. The number of sulfonamides is 1. The van der Waals surface area contributed by atoms with Crippen molar-refractivity contribution in [1.82, 2.24) is 4.31 Å². The molecular weight excluding hydrogens is 428 g/mol. The van der Waals surface area contributed by atoms with Gasteiger partial charge in [0.05, 0.1) is 23.6 Å². The first-order chi connectivity index (χ1) is 14.3. The van der Waals surface area contributed by atoms with Gasteiger partial charge in [0.15, 0.2) is 0 Å². The molecule has 1 saturated heterocycles. The van der Waals surface area contributed by atoms with Gasteiger partial charge in [0.25, 0.3) is 0 Å². The number of nitrogens with one attached hydrogen (secondary N) is 1. The van der Waals surface area contributed by atoms with Crippen LogP contribution in [0.4, 0.5) is 5.00 Å². The number of amides is 1. The Labute approximate surface area is 179 Å². The van der Waals surface area contributed by atoms with Gasteiger partial charge >= 0.3 is 5.97 Å². The molecule has 1 amide bonds. The van der Waals surface area contributed by atoms with Crippen molar-refractivity contribution in [2.45, 2.75) is 37.6 Å². The number of nitrogens with zero attached hydrogens (tertiary/aromatic N) is 1. The number of anilines is 1. The Kier molecular flexibility index (Phi) is 6.79. The van der Waals surface area contributed by atoms with E-state index in [1.54, 1.807) is 32.0 Å². The first kappa shape index (κ1) is 22.3. The van der Waals surface area contributed by atoms with Crippen molar-refractivity contribution in [1.29, 1.82) is 0 Å². The zero-order valence-electron chi connectivity index (χ0n) is 17.0. The Balaban J connectivity index is 1.77. The van der Waals surface area contributed by atoms with Gasteiger partial charge < -0.3 is 14.8 Å². The number of aryl methyl sites for hydroxylation is 1. The Hall–Kier alpha value is -2.43. The quantitative estimate of drug-likeness (QED) is 0.648. The zero-order chi connectivity index (χ0) is 21.9. The molecule has 0 radical (unpaired) electrons. The summed E-state index contributed by atoms with van der Waals surface area (Å²) in [7, 11) is -2.32. The molecule has 1 atom stereocenters. The second-order valence-electron chi connectivity index (χ2n) is 6.78. The number of benzene rings is 1. The van der Waals surface area contributed by atoms with Gasteiger partial charge in [-0.1, -0.05) is 0 Å². The smallest absolute Gasteiger partial charge is 0.348 e. The molecule has 2 aromatic rings. The van der Waals surface area contributed by atoms with Gasteiger partial charge in [-0.3, -0.25) is 4.79 Å². The molecule has 1 unspecified atom stereocenters. The highest BCUT2D eigenvalue weighted by molar-refractivity contribution is 7.89. The molecule has 1 aliphatic rings. The summed E-state index contributed by atoms with van der Waals surface area (Å²) in [6.07, 6.45) is 1.02. The number of hydrogen-bond acceptors (Lipinski definition) is 7. The van der Waals surface area contributed by atoms with Crippen molar-refractivity contribution in [3.05, 3.63) is 40.8 Å². The van der Waals surface area contributed by atoms with E-state index in [-0.39, 0.29) is 18.0 Å². The Bertz CT molecular complexity index is 1030. The van der Waals surface area contributed by atoms with Gasteiger partial charge in [-0.15, -0.1) is 11.3 Å². The lowest BCUT2D eigenvalue weighted by Gasteiger charge is -2.23. The number of rotatable bonds is 7. The van der Waals surface area contributed by atoms with E-state index in [4.69, 9.17) is 9.47 Å². The predicted molar refractivity (Wildman–Crippen MR) is 114 cm³/mol. The third kappa shape index (κ3) is 4.50. The average Bonchev–Trinajstić information content (AvgIpc) is 3.35. The van der Waals surface area contributed by atoms with Gasteiger partial charge in [-0.2, -0.15) is 4.31 Å². The normalized spacial score (nSPS) is 17.0. The van der Waals surface area contributed by atoms with Crippen molar-refractivity contribution >= 4 is 38.2 Å². The summed E-state index contributed by atoms with van der Waals surface area (Å²) in [5.41, 5.74) is 0.697. The third-order valence-corrected chi connectivity index (χ3v) is 7.85. The lowest BCUT2D eigenvalue weighted by atomic mass is 10.2. The second-order valence-corrected chi connectivity index (χ2v) is 9.72. The van der Waals surface area contributed by atoms with Crippen LogP contribution in [0.1, 0.15) is 35.0 Å². The molecule has 162 valence electrons. The van der Waals surface area contributed by atoms with E-state index in [1.165, 1.54) is 23.5 Å². The summed E-state index contributed by atoms with van der Waals surface area (Å²) in [5.74, 6) is -0.304. The van der Waals surface area contributed by atoms with E-state index in [9.17, 15) is 18.0 Å². The van der Waals surface area contributed by atoms with Crippen LogP contribution in [0.15, 0.2) is 35.2 Å². The van der Waals surface area contributed by atoms with E-state index in [1.807, 2.05) is 0 Å². The summed E-state index contributed by atoms with van der Waals surface area (Å²) in [6, 6.07) is 6.95. The number of ether oxygens (including phenoxy) is 2. The first-order valence-corrected chi connectivity index (χ1v) is 11.8. The van der Waals surface area contributed by atoms with Crippen LogP contribution in [0, 0.1) is 6.92 Å². The van der Waals surface area contributed by atoms with Crippen LogP contribution in [0.3, 0.4) is 0 Å². The van der Waals surface area contributed by atoms with Crippen LogP contribution in [0.2, 0.25) is 0 Å². The largest absolute Gasteiger partial charge is 0.497 e. The second kappa shape index (κ2) is 9.15. The molecule has 3 rings (SSSR count). The van der Waals surface area contributed by atoms with E-state index in [2.05, 4.69) is 5.32 Å². The molecule has 8 nitrogen and oxygen atoms in total. The van der Waals surface area contributed by atoms with Gasteiger partial charge in [-0.05, 0) is 62.6 Å². The Morgan fingerprint density at radius 2 is 1.97 bits per heavy atom. The molecule has 2 heterocycles. The minimum absolute atomic E-state index is 0.111. The summed E-state index contributed by atoms with van der Waals surface area (Å²) < 4.78 is 37.5. The van der Waals surface area contributed by atoms with Crippen molar-refractivity contribution in [3.8, 4) is 5.75 Å². The highest BCUT2D eigenvalue weighted by atomic mass is 32.2.